The Morgan fingerprint density at radius 1 is 1.15 bits per heavy atom. The zero-order valence-electron chi connectivity index (χ0n) is 16.1. The van der Waals surface area contributed by atoms with Crippen LogP contribution in [0, 0.1) is 23.7 Å². The summed E-state index contributed by atoms with van der Waals surface area (Å²) >= 11 is 0. The molecule has 4 heterocycles. The molecule has 1 aliphatic carbocycles. The molecule has 1 spiro atoms. The van der Waals surface area contributed by atoms with Crippen LogP contribution in [-0.2, 0) is 28.7 Å². The number of carbonyl (C=O) groups is 1. The summed E-state index contributed by atoms with van der Waals surface area (Å²) in [5, 5.41) is 0. The van der Waals surface area contributed by atoms with Gasteiger partial charge in [0.2, 0.25) is 12.1 Å². The van der Waals surface area contributed by atoms with E-state index in [4.69, 9.17) is 28.7 Å². The van der Waals surface area contributed by atoms with Crippen LogP contribution in [0.4, 0.5) is 4.79 Å². The molecule has 0 aromatic carbocycles. The maximum Gasteiger partial charge on any atom is 0.510 e. The maximum absolute atomic E-state index is 12.0. The summed E-state index contributed by atoms with van der Waals surface area (Å²) in [7, 11) is 0. The first-order valence-corrected chi connectivity index (χ1v) is 9.93. The van der Waals surface area contributed by atoms with Crippen molar-refractivity contribution in [2.75, 3.05) is 6.61 Å². The summed E-state index contributed by atoms with van der Waals surface area (Å²) in [5.74, 6) is 0.0696. The van der Waals surface area contributed by atoms with Crippen molar-refractivity contribution in [1.82, 2.24) is 0 Å². The number of fused-ring (bicyclic) bond motifs is 2. The lowest BCUT2D eigenvalue weighted by atomic mass is 9.58. The Hall–Kier alpha value is -0.890. The van der Waals surface area contributed by atoms with E-state index in [1.54, 1.807) is 0 Å². The van der Waals surface area contributed by atoms with Crippen LogP contribution < -0.4 is 0 Å². The highest BCUT2D eigenvalue weighted by Gasteiger charge is 2.69. The Labute approximate surface area is 154 Å². The van der Waals surface area contributed by atoms with Crippen LogP contribution in [-0.4, -0.2) is 36.7 Å². The first-order chi connectivity index (χ1) is 12.4. The number of rotatable bonds is 3. The molecule has 148 valence electrons. The highest BCUT2D eigenvalue weighted by atomic mass is 17.3. The van der Waals surface area contributed by atoms with Crippen molar-refractivity contribution in [3.8, 4) is 0 Å². The first kappa shape index (κ1) is 18.5. The molecular formula is C19H30O7. The fraction of sp³-hybridized carbons (Fsp3) is 0.947. The van der Waals surface area contributed by atoms with Crippen molar-refractivity contribution in [3.05, 3.63) is 0 Å². The van der Waals surface area contributed by atoms with Crippen LogP contribution in [0.25, 0.3) is 0 Å². The van der Waals surface area contributed by atoms with Crippen molar-refractivity contribution < 1.29 is 33.5 Å². The molecule has 0 aromatic heterocycles. The minimum atomic E-state index is -0.828. The van der Waals surface area contributed by atoms with Crippen LogP contribution >= 0.6 is 0 Å². The van der Waals surface area contributed by atoms with E-state index in [0.717, 1.165) is 32.1 Å². The molecule has 7 nitrogen and oxygen atoms in total. The van der Waals surface area contributed by atoms with Gasteiger partial charge in [-0.15, -0.1) is 0 Å². The third kappa shape index (κ3) is 2.75. The smallest absolute Gasteiger partial charge is 0.434 e. The minimum Gasteiger partial charge on any atom is -0.434 e. The molecule has 0 unspecified atom stereocenters. The van der Waals surface area contributed by atoms with Crippen LogP contribution in [0.5, 0.6) is 0 Å². The fourth-order valence-corrected chi connectivity index (χ4v) is 5.32. The van der Waals surface area contributed by atoms with Crippen molar-refractivity contribution >= 4 is 6.16 Å². The lowest BCUT2D eigenvalue weighted by molar-refractivity contribution is -0.576. The lowest BCUT2D eigenvalue weighted by Gasteiger charge is -2.59. The van der Waals surface area contributed by atoms with Gasteiger partial charge in [-0.1, -0.05) is 20.8 Å². The molecule has 8 atom stereocenters. The second kappa shape index (κ2) is 6.62. The van der Waals surface area contributed by atoms with Gasteiger partial charge < -0.3 is 18.9 Å². The average molecular weight is 370 g/mol. The van der Waals surface area contributed by atoms with Crippen molar-refractivity contribution in [3.63, 3.8) is 0 Å². The van der Waals surface area contributed by atoms with Gasteiger partial charge in [0.05, 0.1) is 6.61 Å². The number of hydrogen-bond acceptors (Lipinski definition) is 7. The molecule has 0 radical (unpaired) electrons. The molecular weight excluding hydrogens is 340 g/mol. The molecule has 4 aliphatic heterocycles. The molecule has 5 fully saturated rings. The Kier molecular flexibility index (Phi) is 4.70. The van der Waals surface area contributed by atoms with E-state index in [9.17, 15) is 4.79 Å². The van der Waals surface area contributed by atoms with Gasteiger partial charge in [0, 0.05) is 18.3 Å². The Bertz CT molecular complexity index is 554. The molecule has 5 aliphatic rings. The van der Waals surface area contributed by atoms with Gasteiger partial charge in [0.1, 0.15) is 0 Å². The van der Waals surface area contributed by atoms with Crippen LogP contribution in [0.15, 0.2) is 0 Å². The molecule has 0 aromatic rings. The fourth-order valence-electron chi connectivity index (χ4n) is 5.32. The molecule has 5 rings (SSSR count). The highest BCUT2D eigenvalue weighted by molar-refractivity contribution is 5.60. The van der Waals surface area contributed by atoms with E-state index in [2.05, 4.69) is 6.92 Å². The minimum absolute atomic E-state index is 0.0370. The SMILES string of the molecule is CCCOC(=O)O[C@H]1O[C@@H]2O[C@]3(C)CC[C@H]4[C@H](C)CC[C@@H]([C@H]1C)[C@@]24OO3. The van der Waals surface area contributed by atoms with E-state index in [1.165, 1.54) is 0 Å². The third-order valence-corrected chi connectivity index (χ3v) is 6.73. The summed E-state index contributed by atoms with van der Waals surface area (Å²) < 4.78 is 22.9. The molecule has 0 N–H and O–H groups in total. The van der Waals surface area contributed by atoms with Gasteiger partial charge in [0.15, 0.2) is 11.9 Å². The average Bonchev–Trinajstić information content (AvgIpc) is 2.84. The first-order valence-electron chi connectivity index (χ1n) is 9.93. The van der Waals surface area contributed by atoms with Gasteiger partial charge in [-0.3, -0.25) is 0 Å². The highest BCUT2D eigenvalue weighted by Crippen LogP contribution is 2.60. The van der Waals surface area contributed by atoms with Gasteiger partial charge in [-0.25, -0.2) is 14.6 Å². The topological polar surface area (TPSA) is 72.5 Å². The summed E-state index contributed by atoms with van der Waals surface area (Å²) in [4.78, 5) is 23.8. The second-order valence-electron chi connectivity index (χ2n) is 8.49. The predicted molar refractivity (Wildman–Crippen MR) is 89.6 cm³/mol. The van der Waals surface area contributed by atoms with Crippen molar-refractivity contribution in [1.29, 1.82) is 0 Å². The number of ether oxygens (including phenoxy) is 4. The van der Waals surface area contributed by atoms with Gasteiger partial charge in [0.25, 0.3) is 0 Å². The summed E-state index contributed by atoms with van der Waals surface area (Å²) in [6.07, 6.45) is 2.55. The van der Waals surface area contributed by atoms with Gasteiger partial charge in [-0.2, -0.15) is 0 Å². The Morgan fingerprint density at radius 3 is 2.73 bits per heavy atom. The summed E-state index contributed by atoms with van der Waals surface area (Å²) in [5.41, 5.74) is -0.639. The van der Waals surface area contributed by atoms with E-state index < -0.39 is 30.1 Å². The molecule has 2 bridgehead atoms. The van der Waals surface area contributed by atoms with E-state index in [0.29, 0.717) is 18.4 Å². The van der Waals surface area contributed by atoms with Gasteiger partial charge >= 0.3 is 6.16 Å². The molecule has 26 heavy (non-hydrogen) atoms. The standard InChI is InChI=1S/C19H30O7/c1-5-10-21-17(20)23-15-12(3)14-7-6-11(2)13-8-9-18(4)24-16(22-15)19(13,14)26-25-18/h11-16H,5-10H2,1-4H3/t11-,12-,13+,14+,15-,16-,18+,19-/m1/s1. The molecule has 0 amide bonds. The summed E-state index contributed by atoms with van der Waals surface area (Å²) in [6, 6.07) is 0. The van der Waals surface area contributed by atoms with E-state index in [1.807, 2.05) is 20.8 Å². The van der Waals surface area contributed by atoms with Crippen molar-refractivity contribution in [2.45, 2.75) is 83.8 Å². The second-order valence-corrected chi connectivity index (χ2v) is 8.49. The van der Waals surface area contributed by atoms with Gasteiger partial charge in [-0.05, 0) is 44.4 Å². The Balaban J connectivity index is 1.61. The van der Waals surface area contributed by atoms with Crippen molar-refractivity contribution in [2.24, 2.45) is 23.7 Å². The normalized spacial score (nSPS) is 49.8. The predicted octanol–water partition coefficient (Wildman–Crippen LogP) is 3.76. The zero-order chi connectivity index (χ0) is 18.5. The monoisotopic (exact) mass is 370 g/mol. The van der Waals surface area contributed by atoms with Crippen LogP contribution in [0.3, 0.4) is 0 Å². The third-order valence-electron chi connectivity index (χ3n) is 6.73. The number of carbonyl (C=O) groups excluding carboxylic acids is 1. The maximum atomic E-state index is 12.0. The summed E-state index contributed by atoms with van der Waals surface area (Å²) in [6.45, 7) is 8.47. The molecule has 7 heteroatoms. The quantitative estimate of drug-likeness (QED) is 0.553. The molecule has 1 saturated carbocycles. The number of hydrogen-bond donors (Lipinski definition) is 0. The largest absolute Gasteiger partial charge is 0.510 e. The zero-order valence-corrected chi connectivity index (χ0v) is 16.1. The van der Waals surface area contributed by atoms with Crippen LogP contribution in [0.2, 0.25) is 0 Å². The van der Waals surface area contributed by atoms with E-state index in [-0.39, 0.29) is 11.8 Å². The van der Waals surface area contributed by atoms with E-state index >= 15 is 0 Å². The molecule has 4 saturated heterocycles. The lowest BCUT2D eigenvalue weighted by Crippen LogP contribution is -2.70. The Morgan fingerprint density at radius 2 is 1.96 bits per heavy atom. The van der Waals surface area contributed by atoms with Crippen LogP contribution in [0.1, 0.15) is 59.8 Å².